The number of benzene rings is 3. The second kappa shape index (κ2) is 12.3. The Hall–Kier alpha value is -2.74. The first-order chi connectivity index (χ1) is 15.6. The molecular weight excluding hydrogens is 388 g/mol. The number of rotatable bonds is 13. The van der Waals surface area contributed by atoms with Gasteiger partial charge in [0.05, 0.1) is 0 Å². The molecule has 0 fully saturated rings. The summed E-state index contributed by atoms with van der Waals surface area (Å²) in [5.74, 6) is 0. The molecule has 0 heterocycles. The molecule has 2 nitrogen and oxygen atoms in total. The van der Waals surface area contributed by atoms with Gasteiger partial charge in [-0.2, -0.15) is 0 Å². The highest BCUT2D eigenvalue weighted by Crippen LogP contribution is 2.38. The van der Waals surface area contributed by atoms with Crippen LogP contribution in [0.4, 0.5) is 11.4 Å². The first-order valence-electron chi connectivity index (χ1n) is 12.3. The van der Waals surface area contributed by atoms with Gasteiger partial charge in [-0.3, -0.25) is 0 Å². The minimum absolute atomic E-state index is 0.165. The molecule has 3 aromatic carbocycles. The Bertz CT molecular complexity index is 850. The molecule has 3 rings (SSSR count). The van der Waals surface area contributed by atoms with Gasteiger partial charge in [0, 0.05) is 11.4 Å². The van der Waals surface area contributed by atoms with Gasteiger partial charge in [-0.05, 0) is 72.1 Å². The normalized spacial score (nSPS) is 11.5. The molecule has 0 amide bonds. The smallest absolute Gasteiger partial charge is 0.0314 e. The van der Waals surface area contributed by atoms with E-state index >= 15 is 0 Å². The number of unbranched alkanes of at least 4 members (excludes halogenated alkanes) is 5. The molecule has 32 heavy (non-hydrogen) atoms. The van der Waals surface area contributed by atoms with E-state index in [1.165, 1.54) is 61.6 Å². The molecule has 0 radical (unpaired) electrons. The zero-order valence-electron chi connectivity index (χ0n) is 19.7. The Morgan fingerprint density at radius 2 is 0.969 bits per heavy atom. The van der Waals surface area contributed by atoms with Gasteiger partial charge in [0.25, 0.3) is 0 Å². The molecule has 0 unspecified atom stereocenters. The van der Waals surface area contributed by atoms with Gasteiger partial charge in [-0.25, -0.2) is 0 Å². The van der Waals surface area contributed by atoms with Crippen molar-refractivity contribution in [2.75, 3.05) is 11.5 Å². The Morgan fingerprint density at radius 1 is 0.531 bits per heavy atom. The molecule has 0 aliphatic rings. The van der Waals surface area contributed by atoms with Crippen molar-refractivity contribution >= 4 is 11.4 Å². The minimum atomic E-state index is 0.165. The Labute approximate surface area is 195 Å². The molecule has 0 aliphatic heterocycles. The van der Waals surface area contributed by atoms with E-state index in [2.05, 4.69) is 61.5 Å². The second-order valence-corrected chi connectivity index (χ2v) is 9.52. The van der Waals surface area contributed by atoms with Crippen LogP contribution in [0.1, 0.15) is 68.6 Å². The fourth-order valence-electron chi connectivity index (χ4n) is 4.90. The van der Waals surface area contributed by atoms with Gasteiger partial charge in [-0.1, -0.05) is 100 Å². The maximum atomic E-state index is 5.98. The van der Waals surface area contributed by atoms with Gasteiger partial charge in [0.2, 0.25) is 0 Å². The van der Waals surface area contributed by atoms with Gasteiger partial charge in [-0.15, -0.1) is 0 Å². The third-order valence-corrected chi connectivity index (χ3v) is 6.60. The average molecular weight is 429 g/mol. The number of anilines is 2. The topological polar surface area (TPSA) is 52.0 Å². The van der Waals surface area contributed by atoms with Gasteiger partial charge < -0.3 is 11.5 Å². The quantitative estimate of drug-likeness (QED) is 0.217. The molecule has 0 aromatic heterocycles. The van der Waals surface area contributed by atoms with E-state index in [4.69, 9.17) is 11.5 Å². The van der Waals surface area contributed by atoms with E-state index in [0.717, 1.165) is 30.6 Å². The molecule has 0 aliphatic carbocycles. The fraction of sp³-hybridized carbons (Fsp3) is 0.400. The summed E-state index contributed by atoms with van der Waals surface area (Å²) in [6, 6.07) is 28.0. The summed E-state index contributed by atoms with van der Waals surface area (Å²) in [5.41, 5.74) is 17.9. The largest absolute Gasteiger partial charge is 0.399 e. The maximum Gasteiger partial charge on any atom is 0.0314 e. The maximum absolute atomic E-state index is 5.98. The van der Waals surface area contributed by atoms with Crippen LogP contribution in [-0.4, -0.2) is 0 Å². The lowest BCUT2D eigenvalue weighted by Gasteiger charge is -2.35. The van der Waals surface area contributed by atoms with Crippen LogP contribution in [-0.2, 0) is 19.3 Å². The van der Waals surface area contributed by atoms with Crippen molar-refractivity contribution in [2.24, 2.45) is 5.41 Å². The summed E-state index contributed by atoms with van der Waals surface area (Å²) < 4.78 is 0. The van der Waals surface area contributed by atoms with E-state index in [0.29, 0.717) is 0 Å². The fourth-order valence-corrected chi connectivity index (χ4v) is 4.90. The van der Waals surface area contributed by atoms with Crippen LogP contribution in [0, 0.1) is 5.41 Å². The van der Waals surface area contributed by atoms with Crippen molar-refractivity contribution in [1.82, 2.24) is 0 Å². The van der Waals surface area contributed by atoms with E-state index < -0.39 is 0 Å². The third-order valence-electron chi connectivity index (χ3n) is 6.60. The molecule has 0 bridgehead atoms. The van der Waals surface area contributed by atoms with Crippen LogP contribution >= 0.6 is 0 Å². The summed E-state index contributed by atoms with van der Waals surface area (Å²) in [6.07, 6.45) is 12.4. The Morgan fingerprint density at radius 3 is 1.47 bits per heavy atom. The summed E-state index contributed by atoms with van der Waals surface area (Å²) in [6.45, 7) is 2.28. The summed E-state index contributed by atoms with van der Waals surface area (Å²) in [7, 11) is 0. The standard InChI is InChI=1S/C30H40N2/c1-2-3-4-5-6-10-21-30(22-25-11-8-7-9-12-25,23-26-13-17-28(31)18-14-26)24-27-15-19-29(32)20-16-27/h7-9,11-20H,2-6,10,21-24,31-32H2,1H3. The van der Waals surface area contributed by atoms with Gasteiger partial charge >= 0.3 is 0 Å². The summed E-state index contributed by atoms with van der Waals surface area (Å²) in [5, 5.41) is 0. The van der Waals surface area contributed by atoms with E-state index in [9.17, 15) is 0 Å². The van der Waals surface area contributed by atoms with Crippen LogP contribution in [0.3, 0.4) is 0 Å². The molecule has 170 valence electrons. The van der Waals surface area contributed by atoms with E-state index in [-0.39, 0.29) is 5.41 Å². The lowest BCUT2D eigenvalue weighted by atomic mass is 9.69. The SMILES string of the molecule is CCCCCCCCC(Cc1ccccc1)(Cc1ccc(N)cc1)Cc1ccc(N)cc1. The van der Waals surface area contributed by atoms with Crippen LogP contribution < -0.4 is 11.5 Å². The Balaban J connectivity index is 1.86. The van der Waals surface area contributed by atoms with Gasteiger partial charge in [0.1, 0.15) is 0 Å². The molecule has 0 saturated carbocycles. The van der Waals surface area contributed by atoms with Crippen molar-refractivity contribution in [1.29, 1.82) is 0 Å². The predicted molar refractivity (Wildman–Crippen MR) is 140 cm³/mol. The van der Waals surface area contributed by atoms with Crippen LogP contribution in [0.25, 0.3) is 0 Å². The number of hydrogen-bond donors (Lipinski definition) is 2. The lowest BCUT2D eigenvalue weighted by molar-refractivity contribution is 0.243. The zero-order chi connectivity index (χ0) is 22.7. The van der Waals surface area contributed by atoms with Crippen LogP contribution in [0.5, 0.6) is 0 Å². The van der Waals surface area contributed by atoms with E-state index in [1.54, 1.807) is 0 Å². The van der Waals surface area contributed by atoms with Crippen molar-refractivity contribution in [3.05, 3.63) is 95.6 Å². The monoisotopic (exact) mass is 428 g/mol. The average Bonchev–Trinajstić information content (AvgIpc) is 2.80. The molecule has 3 aromatic rings. The molecule has 0 saturated heterocycles. The number of hydrogen-bond acceptors (Lipinski definition) is 2. The Kier molecular flexibility index (Phi) is 9.22. The highest BCUT2D eigenvalue weighted by molar-refractivity contribution is 5.41. The zero-order valence-corrected chi connectivity index (χ0v) is 19.7. The lowest BCUT2D eigenvalue weighted by Crippen LogP contribution is -2.30. The van der Waals surface area contributed by atoms with Crippen molar-refractivity contribution in [3.8, 4) is 0 Å². The summed E-state index contributed by atoms with van der Waals surface area (Å²) in [4.78, 5) is 0. The molecular formula is C30H40N2. The minimum Gasteiger partial charge on any atom is -0.399 e. The van der Waals surface area contributed by atoms with Crippen molar-refractivity contribution in [3.63, 3.8) is 0 Å². The van der Waals surface area contributed by atoms with Crippen molar-refractivity contribution in [2.45, 2.75) is 71.1 Å². The molecule has 4 N–H and O–H groups in total. The predicted octanol–water partition coefficient (Wildman–Crippen LogP) is 7.62. The second-order valence-electron chi connectivity index (χ2n) is 9.52. The van der Waals surface area contributed by atoms with Crippen molar-refractivity contribution < 1.29 is 0 Å². The molecule has 2 heteroatoms. The highest BCUT2D eigenvalue weighted by atomic mass is 14.5. The number of nitrogen functional groups attached to an aromatic ring is 2. The highest BCUT2D eigenvalue weighted by Gasteiger charge is 2.31. The molecule has 0 atom stereocenters. The first-order valence-corrected chi connectivity index (χ1v) is 12.3. The molecule has 0 spiro atoms. The van der Waals surface area contributed by atoms with Crippen LogP contribution in [0.2, 0.25) is 0 Å². The van der Waals surface area contributed by atoms with Gasteiger partial charge in [0.15, 0.2) is 0 Å². The van der Waals surface area contributed by atoms with E-state index in [1.807, 2.05) is 24.3 Å². The van der Waals surface area contributed by atoms with Crippen LogP contribution in [0.15, 0.2) is 78.9 Å². The first kappa shape index (κ1) is 23.9. The third kappa shape index (κ3) is 7.75. The summed E-state index contributed by atoms with van der Waals surface area (Å²) >= 11 is 0. The number of nitrogens with two attached hydrogens (primary N) is 2.